The maximum absolute atomic E-state index is 12.1. The minimum atomic E-state index is -0.555. The number of para-hydroxylation sites is 1. The lowest BCUT2D eigenvalue weighted by atomic mass is 9.87. The number of carbonyl (C=O) groups is 1. The average molecular weight is 297 g/mol. The zero-order chi connectivity index (χ0) is 16.2. The number of benzene rings is 2. The van der Waals surface area contributed by atoms with Crippen molar-refractivity contribution in [2.24, 2.45) is 0 Å². The van der Waals surface area contributed by atoms with Gasteiger partial charge in [-0.3, -0.25) is 4.79 Å². The lowest BCUT2D eigenvalue weighted by Gasteiger charge is -2.20. The molecular formula is C19H23NO2. The van der Waals surface area contributed by atoms with Gasteiger partial charge in [0.05, 0.1) is 0 Å². The molecule has 0 aliphatic rings. The monoisotopic (exact) mass is 297 g/mol. The Morgan fingerprint density at radius 3 is 2.14 bits per heavy atom. The second-order valence-electron chi connectivity index (χ2n) is 6.39. The Morgan fingerprint density at radius 2 is 1.59 bits per heavy atom. The molecule has 2 aromatic carbocycles. The van der Waals surface area contributed by atoms with E-state index in [1.807, 2.05) is 54.6 Å². The molecule has 0 radical (unpaired) electrons. The predicted octanol–water partition coefficient (Wildman–Crippen LogP) is 4.39. The van der Waals surface area contributed by atoms with Crippen molar-refractivity contribution < 1.29 is 9.53 Å². The van der Waals surface area contributed by atoms with Crippen molar-refractivity contribution in [3.05, 3.63) is 60.2 Å². The summed E-state index contributed by atoms with van der Waals surface area (Å²) in [5.74, 6) is 0.537. The Labute approximate surface area is 132 Å². The first-order valence-electron chi connectivity index (χ1n) is 7.49. The van der Waals surface area contributed by atoms with Crippen molar-refractivity contribution >= 4 is 11.6 Å². The Kier molecular flexibility index (Phi) is 4.86. The third-order valence-corrected chi connectivity index (χ3v) is 3.44. The highest BCUT2D eigenvalue weighted by atomic mass is 16.5. The van der Waals surface area contributed by atoms with E-state index in [0.29, 0.717) is 5.75 Å². The number of ether oxygens (including phenoxy) is 1. The summed E-state index contributed by atoms with van der Waals surface area (Å²) >= 11 is 0. The first-order chi connectivity index (χ1) is 10.4. The van der Waals surface area contributed by atoms with Crippen molar-refractivity contribution in [3.8, 4) is 5.75 Å². The molecule has 0 bridgehead atoms. The molecule has 0 aliphatic heterocycles. The van der Waals surface area contributed by atoms with Gasteiger partial charge in [0.1, 0.15) is 5.75 Å². The highest BCUT2D eigenvalue weighted by Gasteiger charge is 2.16. The van der Waals surface area contributed by atoms with E-state index in [2.05, 4.69) is 26.1 Å². The van der Waals surface area contributed by atoms with Gasteiger partial charge in [0.15, 0.2) is 6.10 Å². The third kappa shape index (κ3) is 4.35. The molecule has 1 atom stereocenters. The van der Waals surface area contributed by atoms with Gasteiger partial charge >= 0.3 is 0 Å². The number of amides is 1. The highest BCUT2D eigenvalue weighted by Crippen LogP contribution is 2.24. The number of carbonyl (C=O) groups excluding carboxylic acids is 1. The van der Waals surface area contributed by atoms with Gasteiger partial charge < -0.3 is 10.1 Å². The molecular weight excluding hydrogens is 274 g/mol. The van der Waals surface area contributed by atoms with Crippen LogP contribution in [0.3, 0.4) is 0 Å². The summed E-state index contributed by atoms with van der Waals surface area (Å²) in [6.07, 6.45) is -0.555. The summed E-state index contributed by atoms with van der Waals surface area (Å²) in [6.45, 7) is 8.24. The van der Waals surface area contributed by atoms with Crippen molar-refractivity contribution in [3.63, 3.8) is 0 Å². The van der Waals surface area contributed by atoms with Crippen LogP contribution in [0.15, 0.2) is 54.6 Å². The summed E-state index contributed by atoms with van der Waals surface area (Å²) < 4.78 is 5.70. The van der Waals surface area contributed by atoms with Crippen LogP contribution in [0, 0.1) is 0 Å². The fourth-order valence-electron chi connectivity index (χ4n) is 2.06. The molecule has 0 saturated carbocycles. The highest BCUT2D eigenvalue weighted by molar-refractivity contribution is 5.94. The van der Waals surface area contributed by atoms with E-state index >= 15 is 0 Å². The van der Waals surface area contributed by atoms with Gasteiger partial charge in [-0.05, 0) is 42.2 Å². The van der Waals surface area contributed by atoms with E-state index in [4.69, 9.17) is 4.74 Å². The zero-order valence-corrected chi connectivity index (χ0v) is 13.6. The van der Waals surface area contributed by atoms with Crippen LogP contribution in [0.4, 0.5) is 5.69 Å². The van der Waals surface area contributed by atoms with E-state index in [9.17, 15) is 4.79 Å². The maximum Gasteiger partial charge on any atom is 0.265 e. The molecule has 1 unspecified atom stereocenters. The van der Waals surface area contributed by atoms with Crippen molar-refractivity contribution in [2.45, 2.75) is 39.2 Å². The fraction of sp³-hybridized carbons (Fsp3) is 0.316. The van der Waals surface area contributed by atoms with E-state index in [-0.39, 0.29) is 11.3 Å². The molecule has 2 rings (SSSR count). The second-order valence-corrected chi connectivity index (χ2v) is 6.39. The largest absolute Gasteiger partial charge is 0.481 e. The van der Waals surface area contributed by atoms with E-state index in [0.717, 1.165) is 5.69 Å². The standard InChI is InChI=1S/C19H23NO2/c1-14(18(21)20-16-8-6-5-7-9-16)22-17-12-10-15(11-13-17)19(2,3)4/h5-14H,1-4H3,(H,20,21). The molecule has 3 heteroatoms. The van der Waals surface area contributed by atoms with E-state index in [1.165, 1.54) is 5.56 Å². The molecule has 2 aromatic rings. The molecule has 116 valence electrons. The molecule has 0 fully saturated rings. The predicted molar refractivity (Wildman–Crippen MR) is 90.3 cm³/mol. The van der Waals surface area contributed by atoms with Crippen LogP contribution in [0.1, 0.15) is 33.3 Å². The molecule has 1 N–H and O–H groups in total. The van der Waals surface area contributed by atoms with Crippen LogP contribution in [0.5, 0.6) is 5.75 Å². The number of anilines is 1. The smallest absolute Gasteiger partial charge is 0.265 e. The number of nitrogens with one attached hydrogen (secondary N) is 1. The van der Waals surface area contributed by atoms with Crippen LogP contribution in [-0.4, -0.2) is 12.0 Å². The van der Waals surface area contributed by atoms with Crippen molar-refractivity contribution in [1.82, 2.24) is 0 Å². The average Bonchev–Trinajstić information content (AvgIpc) is 2.48. The minimum Gasteiger partial charge on any atom is -0.481 e. The molecule has 22 heavy (non-hydrogen) atoms. The summed E-state index contributed by atoms with van der Waals surface area (Å²) in [5, 5.41) is 2.83. The lowest BCUT2D eigenvalue weighted by molar-refractivity contribution is -0.122. The van der Waals surface area contributed by atoms with Gasteiger partial charge in [0.25, 0.3) is 5.91 Å². The molecule has 3 nitrogen and oxygen atoms in total. The Bertz CT molecular complexity index is 612. The summed E-state index contributed by atoms with van der Waals surface area (Å²) in [7, 11) is 0. The van der Waals surface area contributed by atoms with Crippen molar-refractivity contribution in [2.75, 3.05) is 5.32 Å². The van der Waals surface area contributed by atoms with Crippen LogP contribution >= 0.6 is 0 Å². The van der Waals surface area contributed by atoms with E-state index < -0.39 is 6.10 Å². The van der Waals surface area contributed by atoms with Crippen LogP contribution < -0.4 is 10.1 Å². The number of hydrogen-bond acceptors (Lipinski definition) is 2. The fourth-order valence-corrected chi connectivity index (χ4v) is 2.06. The number of rotatable bonds is 4. The topological polar surface area (TPSA) is 38.3 Å². The summed E-state index contributed by atoms with van der Waals surface area (Å²) in [4.78, 5) is 12.1. The van der Waals surface area contributed by atoms with Crippen LogP contribution in [-0.2, 0) is 10.2 Å². The quantitative estimate of drug-likeness (QED) is 0.909. The van der Waals surface area contributed by atoms with Gasteiger partial charge in [-0.25, -0.2) is 0 Å². The van der Waals surface area contributed by atoms with E-state index in [1.54, 1.807) is 6.92 Å². The summed E-state index contributed by atoms with van der Waals surface area (Å²) in [6, 6.07) is 17.3. The Balaban J connectivity index is 1.96. The normalized spacial score (nSPS) is 12.5. The summed E-state index contributed by atoms with van der Waals surface area (Å²) in [5.41, 5.74) is 2.11. The van der Waals surface area contributed by atoms with Gasteiger partial charge in [0, 0.05) is 5.69 Å². The Hall–Kier alpha value is -2.29. The molecule has 0 heterocycles. The maximum atomic E-state index is 12.1. The molecule has 0 spiro atoms. The lowest BCUT2D eigenvalue weighted by Crippen LogP contribution is -2.30. The zero-order valence-electron chi connectivity index (χ0n) is 13.6. The molecule has 0 aliphatic carbocycles. The van der Waals surface area contributed by atoms with Gasteiger partial charge in [-0.2, -0.15) is 0 Å². The minimum absolute atomic E-state index is 0.106. The van der Waals surface area contributed by atoms with Crippen molar-refractivity contribution in [1.29, 1.82) is 0 Å². The van der Waals surface area contributed by atoms with Gasteiger partial charge in [-0.15, -0.1) is 0 Å². The van der Waals surface area contributed by atoms with Crippen LogP contribution in [0.25, 0.3) is 0 Å². The van der Waals surface area contributed by atoms with Crippen LogP contribution in [0.2, 0.25) is 0 Å². The first kappa shape index (κ1) is 16.1. The SMILES string of the molecule is CC(Oc1ccc(C(C)(C)C)cc1)C(=O)Nc1ccccc1. The molecule has 0 aromatic heterocycles. The van der Waals surface area contributed by atoms with Gasteiger partial charge in [-0.1, -0.05) is 51.1 Å². The number of hydrogen-bond donors (Lipinski definition) is 1. The molecule has 1 amide bonds. The first-order valence-corrected chi connectivity index (χ1v) is 7.49. The molecule has 0 saturated heterocycles. The van der Waals surface area contributed by atoms with Gasteiger partial charge in [0.2, 0.25) is 0 Å². The third-order valence-electron chi connectivity index (χ3n) is 3.44. The second kappa shape index (κ2) is 6.65. The Morgan fingerprint density at radius 1 is 1.00 bits per heavy atom.